The molecule has 0 aliphatic rings. The van der Waals surface area contributed by atoms with E-state index in [0.29, 0.717) is 16.3 Å². The molecule has 0 saturated heterocycles. The first-order valence-electron chi connectivity index (χ1n) is 4.87. The van der Waals surface area contributed by atoms with Crippen LogP contribution in [0.5, 0.6) is 0 Å². The summed E-state index contributed by atoms with van der Waals surface area (Å²) in [6.45, 7) is 4.00. The van der Waals surface area contributed by atoms with Crippen molar-refractivity contribution in [1.82, 2.24) is 9.97 Å². The summed E-state index contributed by atoms with van der Waals surface area (Å²) >= 11 is 2.89. The summed E-state index contributed by atoms with van der Waals surface area (Å²) in [5.74, 6) is 0.539. The van der Waals surface area contributed by atoms with Gasteiger partial charge in [-0.15, -0.1) is 11.3 Å². The fraction of sp³-hybridized carbons (Fsp3) is 0.400. The summed E-state index contributed by atoms with van der Waals surface area (Å²) in [7, 11) is 0. The maximum absolute atomic E-state index is 11.8. The van der Waals surface area contributed by atoms with Crippen LogP contribution >= 0.6 is 23.1 Å². The summed E-state index contributed by atoms with van der Waals surface area (Å²) in [5, 5.41) is 9.99. The molecule has 2 heterocycles. The predicted molar refractivity (Wildman–Crippen MR) is 67.5 cm³/mol. The lowest BCUT2D eigenvalue weighted by Gasteiger charge is -1.98. The Hall–Kier alpha value is -0.850. The van der Waals surface area contributed by atoms with Crippen LogP contribution in [0.4, 0.5) is 0 Å². The molecular weight excluding hydrogens is 244 g/mol. The standard InChI is InChI=1S/C10H12N2O2S2/c1-5-6(2)16-9-7(5)8(14)11-10(12-9)15-4-3-13/h13H,3-4H2,1-2H3,(H,11,12,14). The van der Waals surface area contributed by atoms with E-state index in [9.17, 15) is 4.79 Å². The van der Waals surface area contributed by atoms with Crippen LogP contribution < -0.4 is 5.56 Å². The van der Waals surface area contributed by atoms with E-state index in [1.54, 1.807) is 0 Å². The van der Waals surface area contributed by atoms with Gasteiger partial charge in [0.2, 0.25) is 0 Å². The minimum absolute atomic E-state index is 0.0783. The molecule has 6 heteroatoms. The molecule has 2 rings (SSSR count). The van der Waals surface area contributed by atoms with E-state index in [-0.39, 0.29) is 12.2 Å². The van der Waals surface area contributed by atoms with Crippen molar-refractivity contribution in [3.8, 4) is 0 Å². The molecule has 0 spiro atoms. The Bertz CT molecular complexity index is 574. The number of rotatable bonds is 3. The molecule has 0 fully saturated rings. The summed E-state index contributed by atoms with van der Waals surface area (Å²) in [5.41, 5.74) is 0.916. The van der Waals surface area contributed by atoms with Gasteiger partial charge in [-0.25, -0.2) is 4.98 Å². The number of aliphatic hydroxyl groups excluding tert-OH is 1. The van der Waals surface area contributed by atoms with Crippen molar-refractivity contribution in [2.24, 2.45) is 0 Å². The third kappa shape index (κ3) is 2.00. The highest BCUT2D eigenvalue weighted by molar-refractivity contribution is 7.99. The molecule has 2 aromatic heterocycles. The molecule has 16 heavy (non-hydrogen) atoms. The zero-order valence-electron chi connectivity index (χ0n) is 9.03. The lowest BCUT2D eigenvalue weighted by molar-refractivity contribution is 0.322. The smallest absolute Gasteiger partial charge is 0.260 e. The monoisotopic (exact) mass is 256 g/mol. The van der Waals surface area contributed by atoms with Crippen LogP contribution in [0.15, 0.2) is 9.95 Å². The molecule has 2 aromatic rings. The zero-order chi connectivity index (χ0) is 11.7. The van der Waals surface area contributed by atoms with Gasteiger partial charge in [0.05, 0.1) is 12.0 Å². The fourth-order valence-electron chi connectivity index (χ4n) is 1.45. The van der Waals surface area contributed by atoms with Crippen LogP contribution in [0.1, 0.15) is 10.4 Å². The molecule has 0 atom stereocenters. The van der Waals surface area contributed by atoms with Gasteiger partial charge in [-0.3, -0.25) is 4.79 Å². The second kappa shape index (κ2) is 4.57. The molecule has 0 saturated carbocycles. The van der Waals surface area contributed by atoms with Gasteiger partial charge in [0.1, 0.15) is 4.83 Å². The molecule has 0 aliphatic heterocycles. The second-order valence-electron chi connectivity index (χ2n) is 3.41. The van der Waals surface area contributed by atoms with Gasteiger partial charge in [-0.2, -0.15) is 0 Å². The molecule has 4 nitrogen and oxygen atoms in total. The molecule has 2 N–H and O–H groups in total. The predicted octanol–water partition coefficient (Wildman–Crippen LogP) is 1.69. The van der Waals surface area contributed by atoms with E-state index >= 15 is 0 Å². The Labute approximate surface area is 101 Å². The third-order valence-electron chi connectivity index (χ3n) is 2.35. The summed E-state index contributed by atoms with van der Waals surface area (Å²) < 4.78 is 0. The maximum atomic E-state index is 11.8. The SMILES string of the molecule is Cc1sc2nc(SCCO)[nH]c(=O)c2c1C. The average molecular weight is 256 g/mol. The number of nitrogens with zero attached hydrogens (tertiary/aromatic N) is 1. The van der Waals surface area contributed by atoms with E-state index < -0.39 is 0 Å². The third-order valence-corrected chi connectivity index (χ3v) is 4.30. The van der Waals surface area contributed by atoms with Crippen molar-refractivity contribution in [3.05, 3.63) is 20.8 Å². The highest BCUT2D eigenvalue weighted by Gasteiger charge is 2.11. The Morgan fingerprint density at radius 3 is 2.94 bits per heavy atom. The molecule has 0 bridgehead atoms. The van der Waals surface area contributed by atoms with E-state index in [1.807, 2.05) is 13.8 Å². The van der Waals surface area contributed by atoms with Crippen LogP contribution in [0, 0.1) is 13.8 Å². The van der Waals surface area contributed by atoms with Crippen molar-refractivity contribution in [2.45, 2.75) is 19.0 Å². The van der Waals surface area contributed by atoms with Crippen molar-refractivity contribution >= 4 is 33.3 Å². The number of aromatic amines is 1. The van der Waals surface area contributed by atoms with Crippen molar-refractivity contribution in [1.29, 1.82) is 0 Å². The van der Waals surface area contributed by atoms with Crippen LogP contribution in [0.3, 0.4) is 0 Å². The molecule has 0 unspecified atom stereocenters. The Balaban J connectivity index is 2.55. The number of aromatic nitrogens is 2. The molecular formula is C10H12N2O2S2. The summed E-state index contributed by atoms with van der Waals surface area (Å²) in [6.07, 6.45) is 0. The molecule has 0 radical (unpaired) electrons. The quantitative estimate of drug-likeness (QED) is 0.648. The van der Waals surface area contributed by atoms with E-state index in [1.165, 1.54) is 23.1 Å². The Morgan fingerprint density at radius 1 is 1.50 bits per heavy atom. The number of thiophene rings is 1. The molecule has 0 aromatic carbocycles. The second-order valence-corrected chi connectivity index (χ2v) is 5.69. The first-order chi connectivity index (χ1) is 7.63. The highest BCUT2D eigenvalue weighted by Crippen LogP contribution is 2.26. The normalized spacial score (nSPS) is 11.2. The van der Waals surface area contributed by atoms with Crippen molar-refractivity contribution < 1.29 is 5.11 Å². The minimum atomic E-state index is -0.0905. The maximum Gasteiger partial charge on any atom is 0.260 e. The first-order valence-corrected chi connectivity index (χ1v) is 6.67. The zero-order valence-corrected chi connectivity index (χ0v) is 10.7. The number of aryl methyl sites for hydroxylation is 2. The molecule has 0 amide bonds. The van der Waals surface area contributed by atoms with Gasteiger partial charge in [-0.1, -0.05) is 11.8 Å². The number of H-pyrrole nitrogens is 1. The number of fused-ring (bicyclic) bond motifs is 1. The fourth-order valence-corrected chi connectivity index (χ4v) is 3.14. The van der Waals surface area contributed by atoms with E-state index in [2.05, 4.69) is 9.97 Å². The van der Waals surface area contributed by atoms with Gasteiger partial charge < -0.3 is 10.1 Å². The number of nitrogens with one attached hydrogen (secondary N) is 1. The number of aliphatic hydroxyl groups is 1. The van der Waals surface area contributed by atoms with E-state index in [4.69, 9.17) is 5.11 Å². The van der Waals surface area contributed by atoms with Crippen LogP contribution in [-0.4, -0.2) is 27.4 Å². The Morgan fingerprint density at radius 2 is 2.25 bits per heavy atom. The number of thioether (sulfide) groups is 1. The summed E-state index contributed by atoms with van der Waals surface area (Å²) in [4.78, 5) is 20.8. The topological polar surface area (TPSA) is 66.0 Å². The van der Waals surface area contributed by atoms with E-state index in [0.717, 1.165) is 15.3 Å². The minimum Gasteiger partial charge on any atom is -0.396 e. The van der Waals surface area contributed by atoms with Crippen LogP contribution in [0.2, 0.25) is 0 Å². The number of hydrogen-bond acceptors (Lipinski definition) is 5. The Kier molecular flexibility index (Phi) is 3.32. The van der Waals surface area contributed by atoms with Gasteiger partial charge in [0.15, 0.2) is 5.16 Å². The van der Waals surface area contributed by atoms with Gasteiger partial charge >= 0.3 is 0 Å². The van der Waals surface area contributed by atoms with Crippen molar-refractivity contribution in [2.75, 3.05) is 12.4 Å². The lowest BCUT2D eigenvalue weighted by atomic mass is 10.2. The summed E-state index contributed by atoms with van der Waals surface area (Å²) in [6, 6.07) is 0. The lowest BCUT2D eigenvalue weighted by Crippen LogP contribution is -2.09. The van der Waals surface area contributed by atoms with Crippen LogP contribution in [-0.2, 0) is 0 Å². The largest absolute Gasteiger partial charge is 0.396 e. The van der Waals surface area contributed by atoms with Gasteiger partial charge in [0.25, 0.3) is 5.56 Å². The van der Waals surface area contributed by atoms with Gasteiger partial charge in [-0.05, 0) is 19.4 Å². The number of hydrogen-bond donors (Lipinski definition) is 2. The van der Waals surface area contributed by atoms with Crippen molar-refractivity contribution in [3.63, 3.8) is 0 Å². The molecule has 0 aliphatic carbocycles. The van der Waals surface area contributed by atoms with Crippen LogP contribution in [0.25, 0.3) is 10.2 Å². The molecule has 86 valence electrons. The van der Waals surface area contributed by atoms with Gasteiger partial charge in [0, 0.05) is 10.6 Å². The highest BCUT2D eigenvalue weighted by atomic mass is 32.2. The average Bonchev–Trinajstić information content (AvgIpc) is 2.52. The first kappa shape index (κ1) is 11.6.